The van der Waals surface area contributed by atoms with Gasteiger partial charge in [0.2, 0.25) is 15.9 Å². The third-order valence-corrected chi connectivity index (χ3v) is 9.47. The molecule has 0 radical (unpaired) electrons. The molecule has 0 spiro atoms. The molecule has 33 heavy (non-hydrogen) atoms. The van der Waals surface area contributed by atoms with E-state index in [-0.39, 0.29) is 22.8 Å². The van der Waals surface area contributed by atoms with Crippen molar-refractivity contribution in [2.75, 3.05) is 32.1 Å². The predicted molar refractivity (Wildman–Crippen MR) is 126 cm³/mol. The molecule has 3 heterocycles. The van der Waals surface area contributed by atoms with Crippen molar-refractivity contribution in [2.45, 2.75) is 41.5 Å². The Kier molecular flexibility index (Phi) is 6.53. The lowest BCUT2D eigenvalue weighted by Crippen LogP contribution is -2.44. The van der Waals surface area contributed by atoms with Crippen LogP contribution < -0.4 is 14.8 Å². The summed E-state index contributed by atoms with van der Waals surface area (Å²) in [6, 6.07) is 13.0. The van der Waals surface area contributed by atoms with E-state index in [1.54, 1.807) is 18.2 Å². The lowest BCUT2D eigenvalue weighted by Gasteiger charge is -2.32. The van der Waals surface area contributed by atoms with Crippen LogP contribution in [0.1, 0.15) is 37.3 Å². The van der Waals surface area contributed by atoms with Gasteiger partial charge in [-0.05, 0) is 43.0 Å². The quantitative estimate of drug-likeness (QED) is 0.708. The van der Waals surface area contributed by atoms with E-state index in [1.165, 1.54) is 14.8 Å². The summed E-state index contributed by atoms with van der Waals surface area (Å²) in [6.07, 6.45) is 2.69. The molecule has 3 aliphatic heterocycles. The Morgan fingerprint density at radius 3 is 2.58 bits per heavy atom. The molecule has 0 saturated carbocycles. The highest BCUT2D eigenvalue weighted by Crippen LogP contribution is 2.37. The Bertz CT molecular complexity index is 1130. The molecule has 2 aromatic carbocycles. The number of hydrogen-bond acceptors (Lipinski definition) is 6. The summed E-state index contributed by atoms with van der Waals surface area (Å²) in [6.45, 7) is 1.71. The van der Waals surface area contributed by atoms with Crippen LogP contribution in [-0.2, 0) is 14.8 Å². The molecule has 2 aromatic rings. The summed E-state index contributed by atoms with van der Waals surface area (Å²) < 4.78 is 39.2. The minimum atomic E-state index is -3.66. The number of carbonyl (C=O) groups is 1. The standard InChI is InChI=1S/C24H28N2O5S2/c27-24(25-20-10-15-32-23-5-2-1-4-19(20)23)17-8-11-26(12-9-17)33(28,29)18-6-7-21-22(16-18)31-14-3-13-30-21/h1-2,4-7,16-17,20H,3,8-15H2,(H,25,27)/t20-/m0/s1. The van der Waals surface area contributed by atoms with Crippen LogP contribution in [-0.4, -0.2) is 50.7 Å². The maximum absolute atomic E-state index is 13.2. The molecule has 1 fully saturated rings. The van der Waals surface area contributed by atoms with Gasteiger partial charge in [0.25, 0.3) is 0 Å². The predicted octanol–water partition coefficient (Wildman–Crippen LogP) is 3.60. The Labute approximate surface area is 198 Å². The lowest BCUT2D eigenvalue weighted by molar-refractivity contribution is -0.126. The maximum atomic E-state index is 13.2. The van der Waals surface area contributed by atoms with Gasteiger partial charge in [-0.1, -0.05) is 18.2 Å². The number of fused-ring (bicyclic) bond motifs is 2. The second kappa shape index (κ2) is 9.56. The zero-order chi connectivity index (χ0) is 22.8. The van der Waals surface area contributed by atoms with Crippen LogP contribution in [0, 0.1) is 5.92 Å². The fourth-order valence-electron chi connectivity index (χ4n) is 4.59. The third-order valence-electron chi connectivity index (χ3n) is 6.46. The first kappa shape index (κ1) is 22.6. The van der Waals surface area contributed by atoms with E-state index < -0.39 is 10.0 Å². The molecule has 0 aromatic heterocycles. The minimum Gasteiger partial charge on any atom is -0.490 e. The number of ether oxygens (including phenoxy) is 2. The molecular weight excluding hydrogens is 460 g/mol. The van der Waals surface area contributed by atoms with Gasteiger partial charge in [-0.3, -0.25) is 4.79 Å². The van der Waals surface area contributed by atoms with Gasteiger partial charge in [-0.2, -0.15) is 4.31 Å². The Hall–Kier alpha value is -2.23. The largest absolute Gasteiger partial charge is 0.490 e. The number of piperidine rings is 1. The Morgan fingerprint density at radius 2 is 1.76 bits per heavy atom. The number of hydrogen-bond donors (Lipinski definition) is 1. The zero-order valence-corrected chi connectivity index (χ0v) is 20.0. The third kappa shape index (κ3) is 4.72. The highest BCUT2D eigenvalue weighted by molar-refractivity contribution is 7.99. The highest BCUT2D eigenvalue weighted by Gasteiger charge is 2.34. The van der Waals surface area contributed by atoms with Crippen LogP contribution in [0.25, 0.3) is 0 Å². The highest BCUT2D eigenvalue weighted by atomic mass is 32.2. The number of sulfonamides is 1. The Balaban J connectivity index is 1.22. The molecule has 1 atom stereocenters. The topological polar surface area (TPSA) is 84.9 Å². The number of nitrogens with zero attached hydrogens (tertiary/aromatic N) is 1. The van der Waals surface area contributed by atoms with Crippen molar-refractivity contribution in [3.63, 3.8) is 0 Å². The second-order valence-electron chi connectivity index (χ2n) is 8.57. The van der Waals surface area contributed by atoms with Crippen molar-refractivity contribution < 1.29 is 22.7 Å². The van der Waals surface area contributed by atoms with E-state index in [4.69, 9.17) is 9.47 Å². The summed E-state index contributed by atoms with van der Waals surface area (Å²) >= 11 is 1.82. The van der Waals surface area contributed by atoms with Gasteiger partial charge in [-0.25, -0.2) is 8.42 Å². The number of thioether (sulfide) groups is 1. The van der Waals surface area contributed by atoms with E-state index in [2.05, 4.69) is 17.4 Å². The minimum absolute atomic E-state index is 0.0225. The molecular formula is C24H28N2O5S2. The molecule has 1 amide bonds. The first-order valence-corrected chi connectivity index (χ1v) is 13.9. The first-order valence-electron chi connectivity index (χ1n) is 11.4. The molecule has 176 valence electrons. The van der Waals surface area contributed by atoms with Gasteiger partial charge in [-0.15, -0.1) is 11.8 Å². The van der Waals surface area contributed by atoms with E-state index in [1.807, 2.05) is 23.9 Å². The molecule has 9 heteroatoms. The molecule has 0 aliphatic carbocycles. The van der Waals surface area contributed by atoms with Crippen LogP contribution in [0.2, 0.25) is 0 Å². The molecule has 0 bridgehead atoms. The summed E-state index contributed by atoms with van der Waals surface area (Å²) in [7, 11) is -3.66. The van der Waals surface area contributed by atoms with Crippen molar-refractivity contribution in [1.29, 1.82) is 0 Å². The fourth-order valence-corrected chi connectivity index (χ4v) is 7.20. The molecule has 1 N–H and O–H groups in total. The number of rotatable bonds is 4. The summed E-state index contributed by atoms with van der Waals surface area (Å²) in [5.74, 6) is 1.86. The van der Waals surface area contributed by atoms with Crippen molar-refractivity contribution >= 4 is 27.7 Å². The smallest absolute Gasteiger partial charge is 0.243 e. The van der Waals surface area contributed by atoms with Gasteiger partial charge in [0, 0.05) is 42.1 Å². The van der Waals surface area contributed by atoms with Crippen molar-refractivity contribution in [3.05, 3.63) is 48.0 Å². The normalized spacial score (nSPS) is 21.6. The van der Waals surface area contributed by atoms with Crippen LogP contribution in [0.5, 0.6) is 11.5 Å². The molecule has 5 rings (SSSR count). The van der Waals surface area contributed by atoms with Gasteiger partial charge in [0.05, 0.1) is 24.2 Å². The van der Waals surface area contributed by atoms with E-state index in [0.717, 1.165) is 18.6 Å². The van der Waals surface area contributed by atoms with Crippen LogP contribution in [0.3, 0.4) is 0 Å². The molecule has 1 saturated heterocycles. The summed E-state index contributed by atoms with van der Waals surface area (Å²) in [4.78, 5) is 14.4. The number of benzene rings is 2. The van der Waals surface area contributed by atoms with Gasteiger partial charge < -0.3 is 14.8 Å². The molecule has 7 nitrogen and oxygen atoms in total. The van der Waals surface area contributed by atoms with E-state index >= 15 is 0 Å². The van der Waals surface area contributed by atoms with E-state index in [9.17, 15) is 13.2 Å². The first-order chi connectivity index (χ1) is 16.0. The van der Waals surface area contributed by atoms with Gasteiger partial charge in [0.15, 0.2) is 11.5 Å². The van der Waals surface area contributed by atoms with Crippen molar-refractivity contribution in [3.8, 4) is 11.5 Å². The lowest BCUT2D eigenvalue weighted by atomic mass is 9.95. The summed E-state index contributed by atoms with van der Waals surface area (Å²) in [5.41, 5.74) is 1.18. The molecule has 3 aliphatic rings. The van der Waals surface area contributed by atoms with Crippen molar-refractivity contribution in [1.82, 2.24) is 9.62 Å². The van der Waals surface area contributed by atoms with Gasteiger partial charge in [0.1, 0.15) is 0 Å². The maximum Gasteiger partial charge on any atom is 0.243 e. The fraction of sp³-hybridized carbons (Fsp3) is 0.458. The average molecular weight is 489 g/mol. The number of carbonyl (C=O) groups excluding carboxylic acids is 1. The monoisotopic (exact) mass is 488 g/mol. The van der Waals surface area contributed by atoms with Crippen molar-refractivity contribution in [2.24, 2.45) is 5.92 Å². The van der Waals surface area contributed by atoms with Gasteiger partial charge >= 0.3 is 0 Å². The Morgan fingerprint density at radius 1 is 1.00 bits per heavy atom. The van der Waals surface area contributed by atoms with Crippen LogP contribution in [0.4, 0.5) is 0 Å². The SMILES string of the molecule is O=C(N[C@H]1CCSc2ccccc21)C1CCN(S(=O)(=O)c2ccc3c(c2)OCCCO3)CC1. The van der Waals surface area contributed by atoms with Crippen LogP contribution >= 0.6 is 11.8 Å². The van der Waals surface area contributed by atoms with Crippen LogP contribution in [0.15, 0.2) is 52.3 Å². The second-order valence-corrected chi connectivity index (χ2v) is 11.6. The van der Waals surface area contributed by atoms with E-state index in [0.29, 0.717) is 50.6 Å². The summed E-state index contributed by atoms with van der Waals surface area (Å²) in [5, 5.41) is 3.22. The molecule has 0 unspecified atom stereocenters. The average Bonchev–Trinajstić information content (AvgIpc) is 3.09. The zero-order valence-electron chi connectivity index (χ0n) is 18.4. The number of nitrogens with one attached hydrogen (secondary N) is 1. The number of amides is 1.